The molecule has 4 atom stereocenters. The van der Waals surface area contributed by atoms with Crippen molar-refractivity contribution >= 4 is 28.2 Å². The maximum Gasteiger partial charge on any atom is 0.223 e. The van der Waals surface area contributed by atoms with E-state index >= 15 is 0 Å². The third-order valence-electron chi connectivity index (χ3n) is 6.80. The molecule has 1 aliphatic rings. The molecule has 0 amide bonds. The van der Waals surface area contributed by atoms with E-state index in [1.54, 1.807) is 6.92 Å². The third kappa shape index (κ3) is 3.64. The zero-order chi connectivity index (χ0) is 24.3. The lowest BCUT2D eigenvalue weighted by atomic mass is 9.89. The predicted octanol–water partition coefficient (Wildman–Crippen LogP) is 3.21. The average Bonchev–Trinajstić information content (AvgIpc) is 3.38. The van der Waals surface area contributed by atoms with E-state index in [9.17, 15) is 13.9 Å². The molecule has 0 radical (unpaired) electrons. The second kappa shape index (κ2) is 8.15. The quantitative estimate of drug-likeness (QED) is 0.471. The van der Waals surface area contributed by atoms with E-state index in [4.69, 9.17) is 5.73 Å². The summed E-state index contributed by atoms with van der Waals surface area (Å²) in [6, 6.07) is 1.84. The Hall–Kier alpha value is -3.34. The molecule has 1 aliphatic heterocycles. The van der Waals surface area contributed by atoms with E-state index in [-0.39, 0.29) is 34.5 Å². The van der Waals surface area contributed by atoms with Crippen LogP contribution in [0.4, 0.5) is 20.4 Å². The molecule has 4 aromatic rings. The van der Waals surface area contributed by atoms with E-state index in [1.807, 2.05) is 24.7 Å². The molecule has 3 aromatic heterocycles. The van der Waals surface area contributed by atoms with Gasteiger partial charge in [-0.3, -0.25) is 4.68 Å². The van der Waals surface area contributed by atoms with Crippen LogP contribution in [0.1, 0.15) is 50.7 Å². The summed E-state index contributed by atoms with van der Waals surface area (Å²) in [5.74, 6) is -0.608. The first-order valence-corrected chi connectivity index (χ1v) is 11.4. The standard InChI is InChI=1S/C23H28F2N8O/c1-11-5-15(10-31(9-11)19-8-27-32(13(19)3)12(2)14(4)34)21-29-22-17-6-16(24)7-18(25)20(17)28-23(26)33(22)30-21/h6-8,11-12,14-15,34H,5,9-10H2,1-4H3,(H2,26,28)/t11-,12+,14+,15+/m0/s1. The van der Waals surface area contributed by atoms with Gasteiger partial charge in [0, 0.05) is 25.1 Å². The van der Waals surface area contributed by atoms with Crippen LogP contribution in [0.3, 0.4) is 0 Å². The minimum atomic E-state index is -0.787. The molecule has 3 N–H and O–H groups in total. The molecule has 4 heterocycles. The lowest BCUT2D eigenvalue weighted by molar-refractivity contribution is 0.131. The van der Waals surface area contributed by atoms with Gasteiger partial charge >= 0.3 is 0 Å². The Kier molecular flexibility index (Phi) is 5.38. The Labute approximate surface area is 195 Å². The normalized spacial score (nSPS) is 20.9. The Bertz CT molecular complexity index is 1380. The van der Waals surface area contributed by atoms with Crippen LogP contribution >= 0.6 is 0 Å². The zero-order valence-electron chi connectivity index (χ0n) is 19.6. The van der Waals surface area contributed by atoms with Gasteiger partial charge in [0.1, 0.15) is 11.3 Å². The van der Waals surface area contributed by atoms with Crippen LogP contribution in [0.25, 0.3) is 16.6 Å². The first kappa shape index (κ1) is 22.5. The number of aliphatic hydroxyl groups is 1. The smallest absolute Gasteiger partial charge is 0.223 e. The number of aromatic nitrogens is 6. The summed E-state index contributed by atoms with van der Waals surface area (Å²) in [6.07, 6.45) is 2.17. The predicted molar refractivity (Wildman–Crippen MR) is 125 cm³/mol. The monoisotopic (exact) mass is 470 g/mol. The molecule has 0 unspecified atom stereocenters. The van der Waals surface area contributed by atoms with E-state index in [1.165, 1.54) is 10.6 Å². The number of rotatable bonds is 4. The van der Waals surface area contributed by atoms with Gasteiger partial charge in [-0.05, 0) is 39.2 Å². The van der Waals surface area contributed by atoms with Crippen molar-refractivity contribution in [3.05, 3.63) is 41.5 Å². The summed E-state index contributed by atoms with van der Waals surface area (Å²) in [4.78, 5) is 11.0. The Morgan fingerprint density at radius 3 is 2.68 bits per heavy atom. The van der Waals surface area contributed by atoms with E-state index in [0.29, 0.717) is 18.3 Å². The highest BCUT2D eigenvalue weighted by Crippen LogP contribution is 2.34. The number of piperidine rings is 1. The van der Waals surface area contributed by atoms with E-state index in [0.717, 1.165) is 30.4 Å². The van der Waals surface area contributed by atoms with Gasteiger partial charge in [0.2, 0.25) is 5.95 Å². The number of nitrogens with zero attached hydrogens (tertiary/aromatic N) is 7. The summed E-state index contributed by atoms with van der Waals surface area (Å²) >= 11 is 0. The van der Waals surface area contributed by atoms with Gasteiger partial charge in [0.15, 0.2) is 17.3 Å². The fourth-order valence-corrected chi connectivity index (χ4v) is 4.92. The Morgan fingerprint density at radius 2 is 1.94 bits per heavy atom. The number of aliphatic hydroxyl groups excluding tert-OH is 1. The largest absolute Gasteiger partial charge is 0.391 e. The molecule has 1 fully saturated rings. The van der Waals surface area contributed by atoms with Gasteiger partial charge < -0.3 is 15.7 Å². The number of benzene rings is 1. The SMILES string of the molecule is Cc1c(N2C[C@@H](C)C[C@@H](c3nc4c5cc(F)cc(F)c5nc(N)n4n3)C2)cnn1[C@H](C)[C@@H](C)O. The van der Waals surface area contributed by atoms with Crippen molar-refractivity contribution in [1.29, 1.82) is 0 Å². The minimum Gasteiger partial charge on any atom is -0.391 e. The van der Waals surface area contributed by atoms with Crippen molar-refractivity contribution in [2.24, 2.45) is 5.92 Å². The molecule has 180 valence electrons. The first-order valence-electron chi connectivity index (χ1n) is 11.4. The summed E-state index contributed by atoms with van der Waals surface area (Å²) in [5, 5.41) is 19.3. The third-order valence-corrected chi connectivity index (χ3v) is 6.80. The van der Waals surface area contributed by atoms with Crippen LogP contribution in [-0.4, -0.2) is 53.7 Å². The first-order chi connectivity index (χ1) is 16.1. The van der Waals surface area contributed by atoms with Crippen molar-refractivity contribution in [2.45, 2.75) is 52.2 Å². The molecule has 0 saturated carbocycles. The van der Waals surface area contributed by atoms with E-state index < -0.39 is 17.7 Å². The molecule has 34 heavy (non-hydrogen) atoms. The molecule has 0 aliphatic carbocycles. The topological polar surface area (TPSA) is 110 Å². The number of hydrogen-bond donors (Lipinski definition) is 2. The molecule has 9 nitrogen and oxygen atoms in total. The lowest BCUT2D eigenvalue weighted by Gasteiger charge is -2.36. The van der Waals surface area contributed by atoms with Gasteiger partial charge in [-0.25, -0.2) is 18.7 Å². The fraction of sp³-hybridized carbons (Fsp3) is 0.478. The summed E-state index contributed by atoms with van der Waals surface area (Å²) < 4.78 is 31.4. The number of fused-ring (bicyclic) bond motifs is 3. The van der Waals surface area contributed by atoms with Gasteiger partial charge in [-0.1, -0.05) is 6.92 Å². The molecule has 0 bridgehead atoms. The molecule has 5 rings (SSSR count). The minimum absolute atomic E-state index is 0.00305. The summed E-state index contributed by atoms with van der Waals surface area (Å²) in [5.41, 5.74) is 8.28. The molecule has 11 heteroatoms. The van der Waals surface area contributed by atoms with Gasteiger partial charge in [0.05, 0.1) is 35.1 Å². The highest BCUT2D eigenvalue weighted by molar-refractivity contribution is 5.92. The highest BCUT2D eigenvalue weighted by atomic mass is 19.1. The van der Waals surface area contributed by atoms with Crippen LogP contribution in [-0.2, 0) is 0 Å². The summed E-state index contributed by atoms with van der Waals surface area (Å²) in [7, 11) is 0. The fourth-order valence-electron chi connectivity index (χ4n) is 4.92. The molecule has 1 aromatic carbocycles. The van der Waals surface area contributed by atoms with Crippen LogP contribution in [0.5, 0.6) is 0 Å². The van der Waals surface area contributed by atoms with Crippen LogP contribution < -0.4 is 10.6 Å². The van der Waals surface area contributed by atoms with Gasteiger partial charge in [0.25, 0.3) is 0 Å². The van der Waals surface area contributed by atoms with Crippen molar-refractivity contribution in [3.8, 4) is 0 Å². The second-order valence-electron chi connectivity index (χ2n) is 9.44. The van der Waals surface area contributed by atoms with Gasteiger partial charge in [-0.2, -0.15) is 9.61 Å². The average molecular weight is 471 g/mol. The maximum absolute atomic E-state index is 14.3. The van der Waals surface area contributed by atoms with Crippen molar-refractivity contribution < 1.29 is 13.9 Å². The number of nitrogens with two attached hydrogens (primary N) is 1. The highest BCUT2D eigenvalue weighted by Gasteiger charge is 2.31. The maximum atomic E-state index is 14.3. The number of nitrogen functional groups attached to an aromatic ring is 1. The number of halogens is 2. The van der Waals surface area contributed by atoms with Crippen molar-refractivity contribution in [1.82, 2.24) is 29.4 Å². The number of anilines is 2. The molecular weight excluding hydrogens is 442 g/mol. The van der Waals surface area contributed by atoms with Crippen LogP contribution in [0.2, 0.25) is 0 Å². The Morgan fingerprint density at radius 1 is 1.18 bits per heavy atom. The molecule has 1 saturated heterocycles. The van der Waals surface area contributed by atoms with Crippen molar-refractivity contribution in [3.63, 3.8) is 0 Å². The van der Waals surface area contributed by atoms with Crippen molar-refractivity contribution in [2.75, 3.05) is 23.7 Å². The number of hydrogen-bond acceptors (Lipinski definition) is 7. The van der Waals surface area contributed by atoms with Gasteiger partial charge in [-0.15, -0.1) is 5.10 Å². The second-order valence-corrected chi connectivity index (χ2v) is 9.44. The molecular formula is C23H28F2N8O. The Balaban J connectivity index is 1.53. The summed E-state index contributed by atoms with van der Waals surface area (Å²) in [6.45, 7) is 9.36. The zero-order valence-corrected chi connectivity index (χ0v) is 19.6. The lowest BCUT2D eigenvalue weighted by Crippen LogP contribution is -2.39. The van der Waals surface area contributed by atoms with Crippen LogP contribution in [0, 0.1) is 24.5 Å². The molecule has 0 spiro atoms. The van der Waals surface area contributed by atoms with Crippen LogP contribution in [0.15, 0.2) is 18.3 Å². The van der Waals surface area contributed by atoms with E-state index in [2.05, 4.69) is 32.0 Å².